The van der Waals surface area contributed by atoms with Gasteiger partial charge in [0.2, 0.25) is 0 Å². The molecule has 0 amide bonds. The Morgan fingerprint density at radius 3 is 1.59 bits per heavy atom. The van der Waals surface area contributed by atoms with Gasteiger partial charge in [0.05, 0.1) is 36.9 Å². The average Bonchev–Trinajstić information content (AvgIpc) is 3.28. The first-order chi connectivity index (χ1) is 10.9. The second kappa shape index (κ2) is 4.11. The van der Waals surface area contributed by atoms with E-state index in [4.69, 9.17) is 0 Å². The molecule has 0 bridgehead atoms. The Labute approximate surface area is 143 Å². The molecule has 0 saturated heterocycles. The van der Waals surface area contributed by atoms with Crippen LogP contribution in [0, 0.1) is 0 Å². The second-order valence-electron chi connectivity index (χ2n) is 5.45. The quantitative estimate of drug-likeness (QED) is 0.334. The van der Waals surface area contributed by atoms with Crippen LogP contribution in [0.1, 0.15) is 17.2 Å². The molecule has 0 radical (unpaired) electrons. The lowest BCUT2D eigenvalue weighted by Gasteiger charge is -2.40. The topological polar surface area (TPSA) is 3.24 Å². The Hall–Kier alpha value is -1.40. The highest BCUT2D eigenvalue weighted by atomic mass is 32.1. The van der Waals surface area contributed by atoms with Crippen molar-refractivity contribution in [3.8, 4) is 19.5 Å². The van der Waals surface area contributed by atoms with Crippen molar-refractivity contribution in [1.29, 1.82) is 0 Å². The molecule has 0 saturated carbocycles. The molecule has 0 aromatic carbocycles. The Kier molecular flexibility index (Phi) is 2.26. The molecule has 22 heavy (non-hydrogen) atoms. The van der Waals surface area contributed by atoms with Crippen LogP contribution in [0.2, 0.25) is 0 Å². The standard InChI is InChI=1S/C17H9NS4/c1-5-19-14-9(1)13-10-2-6-20-15(10)17-12(4-8-22-17)18(13)11-3-7-21-16(11)14/h1-8,13H. The summed E-state index contributed by atoms with van der Waals surface area (Å²) in [6.07, 6.45) is 0. The molecule has 2 aliphatic rings. The van der Waals surface area contributed by atoms with Gasteiger partial charge in [0.1, 0.15) is 0 Å². The fraction of sp³-hybridized carbons (Fsp3) is 0.0588. The maximum atomic E-state index is 2.56. The van der Waals surface area contributed by atoms with Crippen LogP contribution in [0.25, 0.3) is 19.5 Å². The lowest BCUT2D eigenvalue weighted by Crippen LogP contribution is -2.29. The van der Waals surface area contributed by atoms with E-state index in [0.717, 1.165) is 0 Å². The third-order valence-corrected chi connectivity index (χ3v) is 8.46. The summed E-state index contributed by atoms with van der Waals surface area (Å²) in [6, 6.07) is 9.55. The third-order valence-electron chi connectivity index (χ3n) is 4.46. The predicted molar refractivity (Wildman–Crippen MR) is 99.2 cm³/mol. The SMILES string of the molecule is c1cc2c(s1)-c1sccc1N1c3ccsc3-c3sccc3C21. The smallest absolute Gasteiger partial charge is 0.0874 e. The largest absolute Gasteiger partial charge is 0.327 e. The minimum atomic E-state index is 0.340. The number of nitrogens with zero attached hydrogens (tertiary/aromatic N) is 1. The Balaban J connectivity index is 1.77. The first kappa shape index (κ1) is 12.1. The third kappa shape index (κ3) is 1.30. The molecule has 0 atom stereocenters. The fourth-order valence-electron chi connectivity index (χ4n) is 3.62. The molecule has 6 heterocycles. The van der Waals surface area contributed by atoms with Crippen LogP contribution >= 0.6 is 45.3 Å². The van der Waals surface area contributed by atoms with Gasteiger partial charge >= 0.3 is 0 Å². The van der Waals surface area contributed by atoms with E-state index in [0.29, 0.717) is 6.04 Å². The Morgan fingerprint density at radius 1 is 0.591 bits per heavy atom. The van der Waals surface area contributed by atoms with Gasteiger partial charge in [-0.25, -0.2) is 0 Å². The van der Waals surface area contributed by atoms with E-state index < -0.39 is 0 Å². The number of fused-ring (bicyclic) bond motifs is 11. The molecule has 4 aromatic rings. The zero-order valence-electron chi connectivity index (χ0n) is 11.3. The monoisotopic (exact) mass is 355 g/mol. The van der Waals surface area contributed by atoms with Crippen LogP contribution in [0.3, 0.4) is 0 Å². The van der Waals surface area contributed by atoms with Crippen LogP contribution in [0.15, 0.2) is 45.8 Å². The molecule has 0 unspecified atom stereocenters. The number of thiophene rings is 4. The molecule has 106 valence electrons. The maximum Gasteiger partial charge on any atom is 0.0874 e. The summed E-state index contributed by atoms with van der Waals surface area (Å²) < 4.78 is 0. The van der Waals surface area contributed by atoms with Crippen LogP contribution in [0.4, 0.5) is 11.4 Å². The van der Waals surface area contributed by atoms with Crippen molar-refractivity contribution in [1.82, 2.24) is 0 Å². The van der Waals surface area contributed by atoms with Gasteiger partial charge in [0.15, 0.2) is 0 Å². The summed E-state index contributed by atoms with van der Waals surface area (Å²) >= 11 is 7.49. The van der Waals surface area contributed by atoms with Crippen molar-refractivity contribution in [3.05, 3.63) is 56.9 Å². The molecule has 1 nitrogen and oxygen atoms in total. The molecule has 5 heteroatoms. The van der Waals surface area contributed by atoms with E-state index >= 15 is 0 Å². The fourth-order valence-corrected chi connectivity index (χ4v) is 7.64. The molecule has 0 N–H and O–H groups in total. The Bertz CT molecular complexity index is 852. The number of rotatable bonds is 0. The zero-order valence-corrected chi connectivity index (χ0v) is 14.5. The van der Waals surface area contributed by atoms with Gasteiger partial charge in [-0.2, -0.15) is 0 Å². The van der Waals surface area contributed by atoms with Crippen molar-refractivity contribution in [2.75, 3.05) is 4.90 Å². The summed E-state index contributed by atoms with van der Waals surface area (Å²) in [5, 5.41) is 8.94. The zero-order chi connectivity index (χ0) is 14.3. The number of anilines is 2. The van der Waals surface area contributed by atoms with E-state index in [1.807, 2.05) is 45.3 Å². The first-order valence-electron chi connectivity index (χ1n) is 7.03. The van der Waals surface area contributed by atoms with Crippen molar-refractivity contribution in [3.63, 3.8) is 0 Å². The first-order valence-corrected chi connectivity index (χ1v) is 10.5. The highest BCUT2D eigenvalue weighted by Crippen LogP contribution is 2.61. The summed E-state index contributed by atoms with van der Waals surface area (Å²) in [4.78, 5) is 8.33. The molecule has 4 aromatic heterocycles. The minimum absolute atomic E-state index is 0.340. The summed E-state index contributed by atoms with van der Waals surface area (Å²) in [5.41, 5.74) is 5.69. The lowest BCUT2D eigenvalue weighted by molar-refractivity contribution is 0.817. The average molecular weight is 356 g/mol. The van der Waals surface area contributed by atoms with Gasteiger partial charge in [-0.15, -0.1) is 45.3 Å². The van der Waals surface area contributed by atoms with Gasteiger partial charge in [-0.05, 0) is 56.9 Å². The molecule has 2 aliphatic heterocycles. The normalized spacial score (nSPS) is 15.0. The molecule has 0 fully saturated rings. The predicted octanol–water partition coefficient (Wildman–Crippen LogP) is 6.82. The van der Waals surface area contributed by atoms with Crippen molar-refractivity contribution in [2.45, 2.75) is 6.04 Å². The van der Waals surface area contributed by atoms with Crippen molar-refractivity contribution in [2.24, 2.45) is 0 Å². The molecule has 0 aliphatic carbocycles. The molecular formula is C17H9NS4. The number of hydrogen-bond donors (Lipinski definition) is 0. The van der Waals surface area contributed by atoms with Gasteiger partial charge in [-0.1, -0.05) is 0 Å². The van der Waals surface area contributed by atoms with E-state index in [9.17, 15) is 0 Å². The van der Waals surface area contributed by atoms with Crippen molar-refractivity contribution >= 4 is 56.7 Å². The van der Waals surface area contributed by atoms with Crippen molar-refractivity contribution < 1.29 is 0 Å². The van der Waals surface area contributed by atoms with Gasteiger partial charge in [0, 0.05) is 0 Å². The molecule has 0 spiro atoms. The van der Waals surface area contributed by atoms with E-state index in [2.05, 4.69) is 50.7 Å². The molecular weight excluding hydrogens is 346 g/mol. The summed E-state index contributed by atoms with van der Waals surface area (Å²) in [7, 11) is 0. The van der Waals surface area contributed by atoms with Crippen LogP contribution in [0.5, 0.6) is 0 Å². The van der Waals surface area contributed by atoms with Gasteiger partial charge < -0.3 is 4.90 Å². The van der Waals surface area contributed by atoms with E-state index in [-0.39, 0.29) is 0 Å². The maximum absolute atomic E-state index is 2.56. The van der Waals surface area contributed by atoms with Crippen LogP contribution < -0.4 is 4.90 Å². The van der Waals surface area contributed by atoms with E-state index in [1.54, 1.807) is 0 Å². The van der Waals surface area contributed by atoms with Crippen LogP contribution in [-0.4, -0.2) is 0 Å². The Morgan fingerprint density at radius 2 is 1.05 bits per heavy atom. The van der Waals surface area contributed by atoms with Gasteiger partial charge in [-0.3, -0.25) is 0 Å². The molecule has 6 rings (SSSR count). The summed E-state index contributed by atoms with van der Waals surface area (Å²) in [5.74, 6) is 0. The lowest BCUT2D eigenvalue weighted by atomic mass is 9.90. The second-order valence-corrected chi connectivity index (χ2v) is 9.12. The minimum Gasteiger partial charge on any atom is -0.327 e. The number of hydrogen-bond acceptors (Lipinski definition) is 5. The van der Waals surface area contributed by atoms with Gasteiger partial charge in [0.25, 0.3) is 0 Å². The summed E-state index contributed by atoms with van der Waals surface area (Å²) in [6.45, 7) is 0. The van der Waals surface area contributed by atoms with Crippen LogP contribution in [-0.2, 0) is 0 Å². The highest BCUT2D eigenvalue weighted by molar-refractivity contribution is 7.22. The van der Waals surface area contributed by atoms with E-state index in [1.165, 1.54) is 42.0 Å². The highest BCUT2D eigenvalue weighted by Gasteiger charge is 2.40.